The molecule has 1 heterocycles. The number of nitrogens with zero attached hydrogens (tertiary/aromatic N) is 1. The molecule has 0 fully saturated rings. The molecule has 71 valence electrons. The van der Waals surface area contributed by atoms with Crippen LogP contribution in [0.2, 0.25) is 0 Å². The van der Waals surface area contributed by atoms with Crippen LogP contribution >= 0.6 is 0 Å². The van der Waals surface area contributed by atoms with Crippen LogP contribution in [0.3, 0.4) is 0 Å². The van der Waals surface area contributed by atoms with Crippen molar-refractivity contribution in [1.29, 1.82) is 0 Å². The van der Waals surface area contributed by atoms with Crippen LogP contribution in [-0.4, -0.2) is 4.57 Å². The molecule has 1 heteroatoms. The Hall–Kier alpha value is -1.50. The van der Waals surface area contributed by atoms with Crippen molar-refractivity contribution >= 4 is 0 Å². The Bertz CT molecular complexity index is 432. The highest BCUT2D eigenvalue weighted by Gasteiger charge is 2.02. The van der Waals surface area contributed by atoms with Crippen LogP contribution in [-0.2, 0) is 7.05 Å². The van der Waals surface area contributed by atoms with Gasteiger partial charge in [-0.3, -0.25) is 0 Å². The van der Waals surface area contributed by atoms with E-state index in [4.69, 9.17) is 0 Å². The predicted octanol–water partition coefficient (Wildman–Crippen LogP) is 3.11. The average Bonchev–Trinajstić information content (AvgIpc) is 2.49. The summed E-state index contributed by atoms with van der Waals surface area (Å²) in [5.41, 5.74) is 5.10. The number of benzene rings is 1. The van der Waals surface area contributed by atoms with E-state index >= 15 is 0 Å². The Labute approximate surface area is 85.0 Å². The summed E-state index contributed by atoms with van der Waals surface area (Å²) in [6, 6.07) is 10.6. The molecule has 1 radical (unpaired) electrons. The molecule has 0 aliphatic rings. The first kappa shape index (κ1) is 9.07. The zero-order valence-corrected chi connectivity index (χ0v) is 8.83. The van der Waals surface area contributed by atoms with Crippen molar-refractivity contribution in [2.45, 2.75) is 13.8 Å². The molecule has 1 aromatic carbocycles. The van der Waals surface area contributed by atoms with E-state index in [1.165, 1.54) is 22.4 Å². The lowest BCUT2D eigenvalue weighted by atomic mass is 10.1. The standard InChI is InChI=1S/C13H14N/c1-10-7-11(2)9-12(8-10)13-5-4-6-14(13)3/h4-5,7-9H,1-3H3. The predicted molar refractivity (Wildman–Crippen MR) is 59.2 cm³/mol. The van der Waals surface area contributed by atoms with Gasteiger partial charge >= 0.3 is 0 Å². The van der Waals surface area contributed by atoms with Crippen molar-refractivity contribution in [2.24, 2.45) is 7.05 Å². The van der Waals surface area contributed by atoms with Gasteiger partial charge in [-0.2, -0.15) is 0 Å². The SMILES string of the molecule is Cc1cc(C)cc(-c2cc[c]n2C)c1. The quantitative estimate of drug-likeness (QED) is 0.641. The van der Waals surface area contributed by atoms with E-state index in [0.29, 0.717) is 0 Å². The molecule has 0 saturated carbocycles. The summed E-state index contributed by atoms with van der Waals surface area (Å²) in [6.07, 6.45) is 3.12. The molecule has 1 aromatic heterocycles. The summed E-state index contributed by atoms with van der Waals surface area (Å²) in [7, 11) is 2.02. The summed E-state index contributed by atoms with van der Waals surface area (Å²) < 4.78 is 2.02. The molecule has 2 rings (SSSR count). The second-order valence-electron chi connectivity index (χ2n) is 3.78. The first-order chi connectivity index (χ1) is 6.66. The van der Waals surface area contributed by atoms with Crippen LogP contribution in [0.25, 0.3) is 11.3 Å². The topological polar surface area (TPSA) is 4.93 Å². The highest BCUT2D eigenvalue weighted by Crippen LogP contribution is 2.21. The number of aryl methyl sites for hydroxylation is 3. The van der Waals surface area contributed by atoms with Gasteiger partial charge in [-0.1, -0.05) is 17.2 Å². The van der Waals surface area contributed by atoms with E-state index in [1.54, 1.807) is 0 Å². The minimum absolute atomic E-state index is 1.22. The number of hydrogen-bond acceptors (Lipinski definition) is 0. The van der Waals surface area contributed by atoms with Crippen molar-refractivity contribution in [3.63, 3.8) is 0 Å². The largest absolute Gasteiger partial charge is 0.342 e. The summed E-state index contributed by atoms with van der Waals surface area (Å²) in [6.45, 7) is 4.26. The first-order valence-corrected chi connectivity index (χ1v) is 4.79. The normalized spacial score (nSPS) is 10.5. The van der Waals surface area contributed by atoms with E-state index in [0.717, 1.165) is 0 Å². The fraction of sp³-hybridized carbons (Fsp3) is 0.231. The molecule has 0 N–H and O–H groups in total. The molecule has 0 amide bonds. The molecule has 0 atom stereocenters. The molecule has 14 heavy (non-hydrogen) atoms. The molecule has 0 spiro atoms. The average molecular weight is 184 g/mol. The lowest BCUT2D eigenvalue weighted by Gasteiger charge is -2.05. The summed E-state index contributed by atoms with van der Waals surface area (Å²) in [5, 5.41) is 0. The van der Waals surface area contributed by atoms with Crippen LogP contribution in [0, 0.1) is 20.0 Å². The van der Waals surface area contributed by atoms with Crippen molar-refractivity contribution < 1.29 is 0 Å². The maximum absolute atomic E-state index is 3.12. The number of aromatic nitrogens is 1. The third kappa shape index (κ3) is 1.58. The fourth-order valence-electron chi connectivity index (χ4n) is 1.82. The first-order valence-electron chi connectivity index (χ1n) is 4.79. The second kappa shape index (κ2) is 3.33. The minimum atomic E-state index is 1.22. The Balaban J connectivity index is 2.57. The van der Waals surface area contributed by atoms with Gasteiger partial charge < -0.3 is 4.57 Å². The second-order valence-corrected chi connectivity index (χ2v) is 3.78. The van der Waals surface area contributed by atoms with Crippen molar-refractivity contribution in [3.05, 3.63) is 47.7 Å². The molecular formula is C13H14N. The molecular weight excluding hydrogens is 170 g/mol. The molecule has 0 saturated heterocycles. The molecule has 1 nitrogen and oxygen atoms in total. The zero-order valence-electron chi connectivity index (χ0n) is 8.83. The van der Waals surface area contributed by atoms with Gasteiger partial charge in [0.05, 0.1) is 6.20 Å². The van der Waals surface area contributed by atoms with E-state index < -0.39 is 0 Å². The Morgan fingerprint density at radius 2 is 1.71 bits per heavy atom. The van der Waals surface area contributed by atoms with Crippen LogP contribution in [0.5, 0.6) is 0 Å². The molecule has 2 aromatic rings. The monoisotopic (exact) mass is 184 g/mol. The van der Waals surface area contributed by atoms with E-state index in [2.05, 4.69) is 44.3 Å². The smallest absolute Gasteiger partial charge is 0.0650 e. The Morgan fingerprint density at radius 3 is 2.21 bits per heavy atom. The van der Waals surface area contributed by atoms with Gasteiger partial charge in [0, 0.05) is 12.7 Å². The van der Waals surface area contributed by atoms with Crippen molar-refractivity contribution in [3.8, 4) is 11.3 Å². The van der Waals surface area contributed by atoms with Crippen molar-refractivity contribution in [2.75, 3.05) is 0 Å². The lowest BCUT2D eigenvalue weighted by molar-refractivity contribution is 0.928. The Morgan fingerprint density at radius 1 is 1.07 bits per heavy atom. The van der Waals surface area contributed by atoms with E-state index in [-0.39, 0.29) is 0 Å². The van der Waals surface area contributed by atoms with Gasteiger partial charge in [0.25, 0.3) is 0 Å². The van der Waals surface area contributed by atoms with Gasteiger partial charge in [-0.15, -0.1) is 0 Å². The highest BCUT2D eigenvalue weighted by atomic mass is 14.9. The van der Waals surface area contributed by atoms with Gasteiger partial charge in [-0.25, -0.2) is 0 Å². The molecule has 0 aliphatic carbocycles. The lowest BCUT2D eigenvalue weighted by Crippen LogP contribution is -1.90. The summed E-state index contributed by atoms with van der Waals surface area (Å²) in [4.78, 5) is 0. The summed E-state index contributed by atoms with van der Waals surface area (Å²) in [5.74, 6) is 0. The third-order valence-corrected chi connectivity index (χ3v) is 2.39. The number of rotatable bonds is 1. The Kier molecular flexibility index (Phi) is 2.16. The highest BCUT2D eigenvalue weighted by molar-refractivity contribution is 5.61. The molecule has 0 unspecified atom stereocenters. The zero-order chi connectivity index (χ0) is 10.1. The summed E-state index contributed by atoms with van der Waals surface area (Å²) >= 11 is 0. The van der Waals surface area contributed by atoms with Gasteiger partial charge in [0.2, 0.25) is 0 Å². The van der Waals surface area contributed by atoms with E-state index in [1.807, 2.05) is 17.7 Å². The van der Waals surface area contributed by atoms with Crippen LogP contribution in [0.1, 0.15) is 11.1 Å². The fourth-order valence-corrected chi connectivity index (χ4v) is 1.82. The van der Waals surface area contributed by atoms with Crippen LogP contribution in [0.4, 0.5) is 0 Å². The van der Waals surface area contributed by atoms with Crippen LogP contribution < -0.4 is 0 Å². The van der Waals surface area contributed by atoms with Crippen LogP contribution in [0.15, 0.2) is 30.3 Å². The maximum Gasteiger partial charge on any atom is 0.0650 e. The minimum Gasteiger partial charge on any atom is -0.342 e. The molecule has 0 aliphatic heterocycles. The van der Waals surface area contributed by atoms with Crippen molar-refractivity contribution in [1.82, 2.24) is 4.57 Å². The number of hydrogen-bond donors (Lipinski definition) is 0. The van der Waals surface area contributed by atoms with Gasteiger partial charge in [-0.05, 0) is 43.7 Å². The van der Waals surface area contributed by atoms with Gasteiger partial charge in [0.15, 0.2) is 0 Å². The molecule has 0 bridgehead atoms. The van der Waals surface area contributed by atoms with E-state index in [9.17, 15) is 0 Å². The third-order valence-electron chi connectivity index (χ3n) is 2.39. The van der Waals surface area contributed by atoms with Gasteiger partial charge in [0.1, 0.15) is 0 Å². The maximum atomic E-state index is 3.12.